The van der Waals surface area contributed by atoms with E-state index in [1.165, 1.54) is 0 Å². The van der Waals surface area contributed by atoms with Gasteiger partial charge < -0.3 is 9.47 Å². The molecule has 0 unspecified atom stereocenters. The zero-order valence-electron chi connectivity index (χ0n) is 15.6. The molecule has 1 aliphatic rings. The van der Waals surface area contributed by atoms with Gasteiger partial charge in [-0.05, 0) is 55.3 Å². The normalized spacial score (nSPS) is 13.9. The summed E-state index contributed by atoms with van der Waals surface area (Å²) in [7, 11) is 0. The Labute approximate surface area is 163 Å². The van der Waals surface area contributed by atoms with Crippen LogP contribution < -0.4 is 9.47 Å². The molecule has 3 aromatic carbocycles. The minimum atomic E-state index is -0.455. The van der Waals surface area contributed by atoms with E-state index in [4.69, 9.17) is 9.47 Å². The number of ketones is 1. The molecule has 0 amide bonds. The first kappa shape index (κ1) is 17.7. The third-order valence-corrected chi connectivity index (χ3v) is 4.72. The van der Waals surface area contributed by atoms with E-state index in [0.717, 1.165) is 11.1 Å². The molecule has 4 rings (SSSR count). The smallest absolute Gasteiger partial charge is 0.343 e. The van der Waals surface area contributed by atoms with Crippen LogP contribution in [0.2, 0.25) is 0 Å². The molecule has 3 aromatic rings. The molecular weight excluding hydrogens is 352 g/mol. The Balaban J connectivity index is 1.64. The van der Waals surface area contributed by atoms with Gasteiger partial charge in [-0.3, -0.25) is 4.79 Å². The predicted octanol–water partition coefficient (Wildman–Crippen LogP) is 5.14. The van der Waals surface area contributed by atoms with E-state index < -0.39 is 5.97 Å². The summed E-state index contributed by atoms with van der Waals surface area (Å²) in [5, 5.41) is 0. The van der Waals surface area contributed by atoms with Crippen LogP contribution in [0.4, 0.5) is 0 Å². The Morgan fingerprint density at radius 3 is 2.39 bits per heavy atom. The Hall–Kier alpha value is -3.66. The predicted molar refractivity (Wildman–Crippen MR) is 107 cm³/mol. The average Bonchev–Trinajstić information content (AvgIpc) is 3.03. The molecule has 0 aromatic heterocycles. The molecule has 0 atom stereocenters. The van der Waals surface area contributed by atoms with Crippen molar-refractivity contribution >= 4 is 17.8 Å². The second-order valence-corrected chi connectivity index (χ2v) is 6.62. The molecule has 0 saturated carbocycles. The summed E-state index contributed by atoms with van der Waals surface area (Å²) in [6.45, 7) is 3.75. The second-order valence-electron chi connectivity index (χ2n) is 6.62. The van der Waals surface area contributed by atoms with E-state index >= 15 is 0 Å². The lowest BCUT2D eigenvalue weighted by Crippen LogP contribution is -2.09. The number of carbonyl (C=O) groups excluding carboxylic acids is 2. The molecular formula is C24H18O4. The van der Waals surface area contributed by atoms with Gasteiger partial charge in [-0.2, -0.15) is 0 Å². The molecule has 138 valence electrons. The molecule has 0 radical (unpaired) electrons. The van der Waals surface area contributed by atoms with Gasteiger partial charge in [0.1, 0.15) is 11.5 Å². The number of benzene rings is 3. The number of esters is 1. The third-order valence-electron chi connectivity index (χ3n) is 4.72. The van der Waals surface area contributed by atoms with Crippen LogP contribution in [-0.2, 0) is 0 Å². The largest absolute Gasteiger partial charge is 0.452 e. The number of rotatable bonds is 3. The number of Topliss-reactive ketones (excluding diaryl/α,β-unsaturated/α-hetero) is 1. The van der Waals surface area contributed by atoms with Gasteiger partial charge in [-0.15, -0.1) is 0 Å². The highest BCUT2D eigenvalue weighted by Gasteiger charge is 2.30. The first-order valence-electron chi connectivity index (χ1n) is 8.95. The molecule has 0 bridgehead atoms. The Kier molecular flexibility index (Phi) is 4.53. The van der Waals surface area contributed by atoms with Gasteiger partial charge in [0.25, 0.3) is 0 Å². The number of aryl methyl sites for hydroxylation is 1. The van der Waals surface area contributed by atoms with Gasteiger partial charge in [0, 0.05) is 5.56 Å². The average molecular weight is 370 g/mol. The van der Waals surface area contributed by atoms with Gasteiger partial charge >= 0.3 is 5.97 Å². The molecule has 28 heavy (non-hydrogen) atoms. The van der Waals surface area contributed by atoms with Crippen molar-refractivity contribution in [3.8, 4) is 11.5 Å². The topological polar surface area (TPSA) is 52.6 Å². The van der Waals surface area contributed by atoms with E-state index in [1.807, 2.05) is 37.3 Å². The van der Waals surface area contributed by atoms with Crippen molar-refractivity contribution in [3.05, 3.63) is 100 Å². The van der Waals surface area contributed by atoms with Crippen molar-refractivity contribution in [1.82, 2.24) is 0 Å². The van der Waals surface area contributed by atoms with Crippen molar-refractivity contribution in [3.63, 3.8) is 0 Å². The maximum atomic E-state index is 12.7. The molecule has 0 aliphatic carbocycles. The van der Waals surface area contributed by atoms with Crippen LogP contribution >= 0.6 is 0 Å². The Morgan fingerprint density at radius 2 is 1.64 bits per heavy atom. The SMILES string of the molecule is Cc1ccccc1/C=C1\Oc2c(ccc(OC(=O)c3ccccc3)c2C)C1=O. The van der Waals surface area contributed by atoms with Crippen molar-refractivity contribution in [2.75, 3.05) is 0 Å². The molecule has 4 nitrogen and oxygen atoms in total. The second kappa shape index (κ2) is 7.16. The first-order valence-corrected chi connectivity index (χ1v) is 8.95. The lowest BCUT2D eigenvalue weighted by molar-refractivity contribution is 0.0733. The van der Waals surface area contributed by atoms with Crippen molar-refractivity contribution < 1.29 is 19.1 Å². The van der Waals surface area contributed by atoms with E-state index in [9.17, 15) is 9.59 Å². The van der Waals surface area contributed by atoms with Crippen molar-refractivity contribution in [2.24, 2.45) is 0 Å². The van der Waals surface area contributed by atoms with Crippen LogP contribution in [0.15, 0.2) is 72.5 Å². The molecule has 0 saturated heterocycles. The van der Waals surface area contributed by atoms with Crippen molar-refractivity contribution in [1.29, 1.82) is 0 Å². The summed E-state index contributed by atoms with van der Waals surface area (Å²) < 4.78 is 11.4. The van der Waals surface area contributed by atoms with Crippen LogP contribution in [0.1, 0.15) is 37.4 Å². The first-order chi connectivity index (χ1) is 13.5. The van der Waals surface area contributed by atoms with E-state index in [-0.39, 0.29) is 11.5 Å². The summed E-state index contributed by atoms with van der Waals surface area (Å²) in [4.78, 5) is 25.1. The number of fused-ring (bicyclic) bond motifs is 1. The Morgan fingerprint density at radius 1 is 0.929 bits per heavy atom. The van der Waals surface area contributed by atoms with Gasteiger partial charge in [0.15, 0.2) is 5.76 Å². The molecule has 0 spiro atoms. The monoisotopic (exact) mass is 370 g/mol. The van der Waals surface area contributed by atoms with E-state index in [2.05, 4.69) is 0 Å². The summed E-state index contributed by atoms with van der Waals surface area (Å²) in [5.41, 5.74) is 3.52. The summed E-state index contributed by atoms with van der Waals surface area (Å²) in [5.74, 6) is 0.436. The quantitative estimate of drug-likeness (QED) is 0.364. The van der Waals surface area contributed by atoms with Gasteiger partial charge in [0.2, 0.25) is 5.78 Å². The molecule has 0 fully saturated rings. The maximum absolute atomic E-state index is 12.7. The minimum absolute atomic E-state index is 0.178. The zero-order chi connectivity index (χ0) is 19.7. The highest BCUT2D eigenvalue weighted by molar-refractivity contribution is 6.15. The lowest BCUT2D eigenvalue weighted by Gasteiger charge is -2.10. The number of hydrogen-bond acceptors (Lipinski definition) is 4. The number of carbonyl (C=O) groups is 2. The Bertz CT molecular complexity index is 1110. The summed E-state index contributed by atoms with van der Waals surface area (Å²) in [6.07, 6.45) is 1.74. The van der Waals surface area contributed by atoms with E-state index in [1.54, 1.807) is 49.4 Å². The van der Waals surface area contributed by atoms with Crippen molar-refractivity contribution in [2.45, 2.75) is 13.8 Å². The van der Waals surface area contributed by atoms with Crippen LogP contribution in [0, 0.1) is 13.8 Å². The number of hydrogen-bond donors (Lipinski definition) is 0. The molecule has 1 aliphatic heterocycles. The van der Waals surface area contributed by atoms with Gasteiger partial charge in [0.05, 0.1) is 11.1 Å². The number of allylic oxidation sites excluding steroid dienone is 1. The fourth-order valence-corrected chi connectivity index (χ4v) is 3.10. The lowest BCUT2D eigenvalue weighted by atomic mass is 10.0. The minimum Gasteiger partial charge on any atom is -0.452 e. The van der Waals surface area contributed by atoms with Crippen LogP contribution in [0.3, 0.4) is 0 Å². The summed E-state index contributed by atoms with van der Waals surface area (Å²) >= 11 is 0. The van der Waals surface area contributed by atoms with E-state index in [0.29, 0.717) is 28.2 Å². The molecule has 4 heteroatoms. The van der Waals surface area contributed by atoms with Gasteiger partial charge in [-0.1, -0.05) is 42.5 Å². The fraction of sp³-hybridized carbons (Fsp3) is 0.0833. The maximum Gasteiger partial charge on any atom is 0.343 e. The highest BCUT2D eigenvalue weighted by atomic mass is 16.5. The standard InChI is InChI=1S/C24H18O4/c1-15-8-6-7-11-18(15)14-21-22(25)19-12-13-20(16(2)23(19)27-21)28-24(26)17-9-4-3-5-10-17/h3-14H,1-2H3/b21-14-. The number of ether oxygens (including phenoxy) is 2. The molecule has 1 heterocycles. The highest BCUT2D eigenvalue weighted by Crippen LogP contribution is 2.39. The van der Waals surface area contributed by atoms with Crippen LogP contribution in [-0.4, -0.2) is 11.8 Å². The zero-order valence-corrected chi connectivity index (χ0v) is 15.6. The van der Waals surface area contributed by atoms with Gasteiger partial charge in [-0.25, -0.2) is 4.79 Å². The summed E-state index contributed by atoms with van der Waals surface area (Å²) in [6, 6.07) is 19.8. The van der Waals surface area contributed by atoms with Crippen LogP contribution in [0.5, 0.6) is 11.5 Å². The fourth-order valence-electron chi connectivity index (χ4n) is 3.10. The molecule has 0 N–H and O–H groups in total. The third kappa shape index (κ3) is 3.21. The van der Waals surface area contributed by atoms with Crippen LogP contribution in [0.25, 0.3) is 6.08 Å².